The number of morpholine rings is 3. The van der Waals surface area contributed by atoms with Crippen molar-refractivity contribution < 1.29 is 146 Å². The summed E-state index contributed by atoms with van der Waals surface area (Å²) in [5.41, 5.74) is -0.522. The summed E-state index contributed by atoms with van der Waals surface area (Å²) in [7, 11) is 0. The molecule has 0 aromatic heterocycles. The van der Waals surface area contributed by atoms with Crippen molar-refractivity contribution in [3.63, 3.8) is 0 Å². The first-order valence-corrected chi connectivity index (χ1v) is 39.5. The van der Waals surface area contributed by atoms with Crippen LogP contribution in [0.15, 0.2) is 30.3 Å². The lowest BCUT2D eigenvalue weighted by atomic mass is 9.95. The van der Waals surface area contributed by atoms with Crippen LogP contribution in [0.25, 0.3) is 0 Å². The predicted octanol–water partition coefficient (Wildman–Crippen LogP) is -6.12. The maximum absolute atomic E-state index is 14.0. The van der Waals surface area contributed by atoms with Crippen LogP contribution in [-0.2, 0) is 107 Å². The Bertz CT molecular complexity index is 2920. The molecule has 0 unspecified atom stereocenters. The fraction of sp³-hybridized carbons (Fsp3) is 0.770. The highest BCUT2D eigenvalue weighted by Crippen LogP contribution is 2.30. The number of carbonyl (C=O) groups is 11. The van der Waals surface area contributed by atoms with Gasteiger partial charge in [-0.15, -0.1) is 0 Å². The number of nitrogens with one attached hydrogen (secondary N) is 10. The average Bonchev–Trinajstić information content (AvgIpc) is 0.793. The molecule has 0 aliphatic carbocycles. The summed E-state index contributed by atoms with van der Waals surface area (Å²) in [6.45, 7) is -1.63. The quantitative estimate of drug-likeness (QED) is 0.0213. The summed E-state index contributed by atoms with van der Waals surface area (Å²) in [5.74, 6) is -5.43. The average molecular weight is 1630 g/mol. The molecule has 40 nitrogen and oxygen atoms in total. The highest BCUT2D eigenvalue weighted by atomic mass is 16.7. The molecule has 0 saturated carbocycles. The van der Waals surface area contributed by atoms with Crippen molar-refractivity contribution in [2.75, 3.05) is 98.7 Å². The van der Waals surface area contributed by atoms with Gasteiger partial charge in [0.2, 0.25) is 59.1 Å². The van der Waals surface area contributed by atoms with E-state index in [1.54, 1.807) is 0 Å². The van der Waals surface area contributed by atoms with Gasteiger partial charge >= 0.3 is 5.97 Å². The maximum atomic E-state index is 14.0. The third-order valence-corrected chi connectivity index (χ3v) is 19.9. The van der Waals surface area contributed by atoms with Gasteiger partial charge in [0.15, 0.2) is 18.9 Å². The first-order valence-electron chi connectivity index (χ1n) is 39.5. The molecule has 6 fully saturated rings. The van der Waals surface area contributed by atoms with Crippen LogP contribution in [-0.4, -0.2) is 326 Å². The molecule has 6 aliphatic heterocycles. The zero-order valence-corrected chi connectivity index (χ0v) is 64.2. The Morgan fingerprint density at radius 1 is 0.368 bits per heavy atom. The number of rotatable bonds is 53. The monoisotopic (exact) mass is 1630 g/mol. The number of unbranched alkanes of at least 4 members (excludes halogenated alkanes) is 10. The predicted molar refractivity (Wildman–Crippen MR) is 393 cm³/mol. The van der Waals surface area contributed by atoms with Crippen LogP contribution in [0.1, 0.15) is 147 Å². The Labute approximate surface area is 660 Å². The van der Waals surface area contributed by atoms with E-state index in [-0.39, 0.29) is 160 Å². The van der Waals surface area contributed by atoms with Crippen LogP contribution >= 0.6 is 0 Å². The summed E-state index contributed by atoms with van der Waals surface area (Å²) in [5, 5.41) is 117. The normalized spacial score (nSPS) is 27.2. The fourth-order valence-corrected chi connectivity index (χ4v) is 13.3. The molecular formula is C74H118N10O30. The second kappa shape index (κ2) is 50.3. The van der Waals surface area contributed by atoms with E-state index in [1.165, 1.54) is 0 Å². The molecule has 19 N–H and O–H groups in total. The van der Waals surface area contributed by atoms with E-state index in [1.807, 2.05) is 30.3 Å². The SMILES string of the molecule is O=C(CCOCC(COCCC(=O)NCCCCNC(=O)C[C@@H]1O[C@H]2O[C@H](CO)[C@H](O)[C@H](O)[C@H]2NC1=O)(COCCC(=O)NCCCCNC(=O)C[C@@H]1O[C@H]2O[C@H](CO)[C@H](O)[C@H](O)[C@H]2NC1=O)NC(=O)CCCCCCCCCCC(=O)OCc1ccccc1)NCCCCNC(=O)C[C@@H]1O[C@H]2O[C@H](CO)[C@H](O)[C@H](O)[C@H]2NC1=O. The third-order valence-electron chi connectivity index (χ3n) is 19.9. The van der Waals surface area contributed by atoms with Crippen molar-refractivity contribution >= 4 is 65.0 Å². The second-order valence-electron chi connectivity index (χ2n) is 29.1. The summed E-state index contributed by atoms with van der Waals surface area (Å²) in [6, 6.07) is 6.10. The van der Waals surface area contributed by atoms with Crippen LogP contribution in [0.2, 0.25) is 0 Å². The topological polar surface area (TPSA) is 582 Å². The van der Waals surface area contributed by atoms with Gasteiger partial charge in [-0.1, -0.05) is 68.9 Å². The number of ether oxygens (including phenoxy) is 10. The second-order valence-corrected chi connectivity index (χ2v) is 29.1. The van der Waals surface area contributed by atoms with Crippen LogP contribution in [0, 0.1) is 0 Å². The summed E-state index contributed by atoms with van der Waals surface area (Å²) >= 11 is 0. The number of amides is 10. The molecule has 40 heteroatoms. The molecule has 6 aliphatic rings. The molecule has 644 valence electrons. The zero-order chi connectivity index (χ0) is 82.4. The van der Waals surface area contributed by atoms with Crippen molar-refractivity contribution in [3.8, 4) is 0 Å². The summed E-state index contributed by atoms with van der Waals surface area (Å²) in [4.78, 5) is 142. The highest BCUT2D eigenvalue weighted by molar-refractivity contribution is 5.90. The largest absolute Gasteiger partial charge is 0.461 e. The van der Waals surface area contributed by atoms with Crippen LogP contribution in [0.4, 0.5) is 0 Å². The number of hydrogen-bond donors (Lipinski definition) is 19. The smallest absolute Gasteiger partial charge is 0.306 e. The number of carbonyl (C=O) groups excluding carboxylic acids is 11. The molecule has 114 heavy (non-hydrogen) atoms. The summed E-state index contributed by atoms with van der Waals surface area (Å²) in [6.07, 6.45) is -11.9. The minimum Gasteiger partial charge on any atom is -0.461 e. The molecule has 6 heterocycles. The lowest BCUT2D eigenvalue weighted by Gasteiger charge is -2.46. The fourth-order valence-electron chi connectivity index (χ4n) is 13.3. The Hall–Kier alpha value is -7.33. The molecule has 0 radical (unpaired) electrons. The molecule has 0 bridgehead atoms. The number of hydrogen-bond acceptors (Lipinski definition) is 30. The van der Waals surface area contributed by atoms with Gasteiger partial charge in [0, 0.05) is 71.4 Å². The van der Waals surface area contributed by atoms with Gasteiger partial charge in [0.1, 0.15) is 104 Å². The molecule has 10 amide bonds. The number of aliphatic hydroxyl groups excluding tert-OH is 9. The molecule has 6 saturated heterocycles. The van der Waals surface area contributed by atoms with Gasteiger partial charge in [-0.25, -0.2) is 0 Å². The van der Waals surface area contributed by atoms with Gasteiger partial charge in [0.05, 0.1) is 78.7 Å². The van der Waals surface area contributed by atoms with Gasteiger partial charge in [-0.3, -0.25) is 52.7 Å². The number of aliphatic hydroxyl groups is 9. The molecule has 0 spiro atoms. The lowest BCUT2D eigenvalue weighted by molar-refractivity contribution is -0.290. The number of fused-ring (bicyclic) bond motifs is 3. The van der Waals surface area contributed by atoms with Crippen LogP contribution in [0.3, 0.4) is 0 Å². The van der Waals surface area contributed by atoms with E-state index in [0.29, 0.717) is 57.8 Å². The Kier molecular flexibility index (Phi) is 41.4. The van der Waals surface area contributed by atoms with Gasteiger partial charge in [0.25, 0.3) is 0 Å². The lowest BCUT2D eigenvalue weighted by Crippen LogP contribution is -2.69. The minimum atomic E-state index is -1.48. The standard InChI is InChI=1S/C74H118N10O30/c85-37-48-62(96)65(99)59-71(112-48)109-45(68(102)81-59)34-55(92)78-28-15-12-25-75-51(88)22-31-105-41-74(84-54(91)20-10-5-3-1-2-4-6-11-21-58(95)108-40-44-18-8-7-9-19-44,42-106-32-23-52(89)76-26-13-16-29-79-56(93)35-46-69(103)82-60-66(100)63(97)49(38-86)113-72(60)110-46)43-107-33-24-53(90)77-27-14-17-30-80-57(94)36-47-70(104)83-61-67(101)64(98)50(39-87)114-73(61)111-47/h7-9,18-19,45-50,59-67,71-73,85-87,96-101H,1-6,10-17,20-43H2,(H,75,88)(H,76,89)(H,77,90)(H,78,92)(H,79,93)(H,80,94)(H,81,102)(H,82,103)(H,83,104)(H,84,91)/t45-,46-,47-,48+,49+,50+,59+,60+,61+,62-,63-,64-,65+,66+,67+,71-,72-,73-/m0/s1. The molecular weight excluding hydrogens is 1510 g/mol. The van der Waals surface area contributed by atoms with Crippen LogP contribution < -0.4 is 53.2 Å². The molecule has 7 rings (SSSR count). The van der Waals surface area contributed by atoms with Crippen LogP contribution in [0.5, 0.6) is 0 Å². The Balaban J connectivity index is 0.863. The van der Waals surface area contributed by atoms with Gasteiger partial charge in [-0.05, 0) is 56.9 Å². The first-order chi connectivity index (χ1) is 54.9. The summed E-state index contributed by atoms with van der Waals surface area (Å²) < 4.78 is 57.1. The van der Waals surface area contributed by atoms with Gasteiger partial charge < -0.3 is 146 Å². The van der Waals surface area contributed by atoms with E-state index in [9.17, 15) is 98.7 Å². The van der Waals surface area contributed by atoms with Crippen molar-refractivity contribution in [1.29, 1.82) is 0 Å². The maximum Gasteiger partial charge on any atom is 0.306 e. The number of esters is 1. The van der Waals surface area contributed by atoms with Crippen molar-refractivity contribution in [3.05, 3.63) is 35.9 Å². The van der Waals surface area contributed by atoms with Crippen molar-refractivity contribution in [2.24, 2.45) is 0 Å². The Morgan fingerprint density at radius 2 is 0.675 bits per heavy atom. The molecule has 1 aromatic carbocycles. The Morgan fingerprint density at radius 3 is 1.00 bits per heavy atom. The van der Waals surface area contributed by atoms with E-state index in [4.69, 9.17) is 47.4 Å². The van der Waals surface area contributed by atoms with E-state index >= 15 is 0 Å². The highest BCUT2D eigenvalue weighted by Gasteiger charge is 2.53. The van der Waals surface area contributed by atoms with Crippen molar-refractivity contribution in [2.45, 2.75) is 264 Å². The number of benzene rings is 1. The first kappa shape index (κ1) is 93.8. The van der Waals surface area contributed by atoms with E-state index in [0.717, 1.165) is 44.1 Å². The minimum absolute atomic E-state index is 0.101. The van der Waals surface area contributed by atoms with Crippen molar-refractivity contribution in [1.82, 2.24) is 53.2 Å². The van der Waals surface area contributed by atoms with Gasteiger partial charge in [-0.2, -0.15) is 0 Å². The third kappa shape index (κ3) is 31.6. The van der Waals surface area contributed by atoms with E-state index in [2.05, 4.69) is 53.2 Å². The molecule has 1 aromatic rings. The zero-order valence-electron chi connectivity index (χ0n) is 64.2. The van der Waals surface area contributed by atoms with E-state index < -0.39 is 171 Å². The molecule has 18 atom stereocenters.